The highest BCUT2D eigenvalue weighted by Crippen LogP contribution is 2.17. The summed E-state index contributed by atoms with van der Waals surface area (Å²) in [5.74, 6) is 0.188. The maximum Gasteiger partial charge on any atom is 0.387 e. The number of hydrogen-bond donors (Lipinski definition) is 1. The van der Waals surface area contributed by atoms with Gasteiger partial charge >= 0.3 is 6.61 Å². The second-order valence-corrected chi connectivity index (χ2v) is 5.33. The van der Waals surface area contributed by atoms with Crippen molar-refractivity contribution in [1.82, 2.24) is 4.90 Å². The molecule has 0 saturated carbocycles. The van der Waals surface area contributed by atoms with Crippen LogP contribution in [0.5, 0.6) is 5.75 Å². The standard InChI is InChI=1S/C18H22F2N2O.ClH/c19-18(20)23-17-8-4-7-16(13-17)14-22(12-10-21)11-9-15-5-2-1-3-6-15;/h1-8,13,18H,9-12,14,21H2;1H. The Kier molecular flexibility index (Phi) is 9.30. The van der Waals surface area contributed by atoms with Crippen molar-refractivity contribution in [2.75, 3.05) is 19.6 Å². The normalized spacial score (nSPS) is 10.7. The van der Waals surface area contributed by atoms with Gasteiger partial charge in [-0.2, -0.15) is 8.78 Å². The minimum atomic E-state index is -2.80. The van der Waals surface area contributed by atoms with Crippen molar-refractivity contribution in [3.05, 3.63) is 65.7 Å². The van der Waals surface area contributed by atoms with Crippen LogP contribution in [0.25, 0.3) is 0 Å². The molecule has 0 radical (unpaired) electrons. The molecule has 6 heteroatoms. The molecule has 132 valence electrons. The van der Waals surface area contributed by atoms with Crippen LogP contribution in [0.4, 0.5) is 8.78 Å². The lowest BCUT2D eigenvalue weighted by Crippen LogP contribution is -2.31. The molecule has 0 bridgehead atoms. The van der Waals surface area contributed by atoms with E-state index in [1.807, 2.05) is 24.3 Å². The van der Waals surface area contributed by atoms with E-state index >= 15 is 0 Å². The van der Waals surface area contributed by atoms with Crippen LogP contribution in [0.3, 0.4) is 0 Å². The van der Waals surface area contributed by atoms with Gasteiger partial charge in [-0.3, -0.25) is 4.90 Å². The fourth-order valence-electron chi connectivity index (χ4n) is 2.46. The Bertz CT molecular complexity index is 584. The molecule has 0 heterocycles. The fourth-order valence-corrected chi connectivity index (χ4v) is 2.46. The molecule has 0 atom stereocenters. The summed E-state index contributed by atoms with van der Waals surface area (Å²) in [6.07, 6.45) is 0.925. The Morgan fingerprint density at radius 1 is 0.958 bits per heavy atom. The van der Waals surface area contributed by atoms with Gasteiger partial charge in [0.2, 0.25) is 0 Å². The smallest absolute Gasteiger partial charge is 0.387 e. The molecule has 0 spiro atoms. The highest BCUT2D eigenvalue weighted by atomic mass is 35.5. The lowest BCUT2D eigenvalue weighted by atomic mass is 10.1. The van der Waals surface area contributed by atoms with Gasteiger partial charge < -0.3 is 10.5 Å². The van der Waals surface area contributed by atoms with E-state index in [2.05, 4.69) is 21.8 Å². The zero-order chi connectivity index (χ0) is 16.5. The largest absolute Gasteiger partial charge is 0.435 e. The van der Waals surface area contributed by atoms with Gasteiger partial charge in [0.05, 0.1) is 0 Å². The van der Waals surface area contributed by atoms with Crippen LogP contribution in [0, 0.1) is 0 Å². The topological polar surface area (TPSA) is 38.5 Å². The van der Waals surface area contributed by atoms with Crippen molar-refractivity contribution in [1.29, 1.82) is 0 Å². The van der Waals surface area contributed by atoms with Crippen molar-refractivity contribution < 1.29 is 13.5 Å². The minimum absolute atomic E-state index is 0. The number of nitrogens with zero attached hydrogens (tertiary/aromatic N) is 1. The SMILES string of the molecule is Cl.NCCN(CCc1ccccc1)Cc1cccc(OC(F)F)c1. The Morgan fingerprint density at radius 3 is 2.33 bits per heavy atom. The number of hydrogen-bond acceptors (Lipinski definition) is 3. The molecular weight excluding hydrogens is 334 g/mol. The number of rotatable bonds is 9. The van der Waals surface area contributed by atoms with E-state index in [1.54, 1.807) is 12.1 Å². The summed E-state index contributed by atoms with van der Waals surface area (Å²) in [7, 11) is 0. The van der Waals surface area contributed by atoms with Crippen LogP contribution in [0.1, 0.15) is 11.1 Å². The van der Waals surface area contributed by atoms with Gasteiger partial charge in [-0.05, 0) is 29.7 Å². The highest BCUT2D eigenvalue weighted by molar-refractivity contribution is 5.85. The highest BCUT2D eigenvalue weighted by Gasteiger charge is 2.08. The van der Waals surface area contributed by atoms with E-state index in [-0.39, 0.29) is 18.2 Å². The lowest BCUT2D eigenvalue weighted by molar-refractivity contribution is -0.0499. The first kappa shape index (κ1) is 20.4. The summed E-state index contributed by atoms with van der Waals surface area (Å²) < 4.78 is 29.0. The van der Waals surface area contributed by atoms with Gasteiger partial charge in [-0.25, -0.2) is 0 Å². The second-order valence-electron chi connectivity index (χ2n) is 5.33. The van der Waals surface area contributed by atoms with Gasteiger partial charge in [-0.15, -0.1) is 12.4 Å². The van der Waals surface area contributed by atoms with Crippen molar-refractivity contribution in [2.45, 2.75) is 19.6 Å². The zero-order valence-corrected chi connectivity index (χ0v) is 14.2. The average molecular weight is 357 g/mol. The van der Waals surface area contributed by atoms with E-state index < -0.39 is 6.61 Å². The third-order valence-corrected chi connectivity index (χ3v) is 3.53. The minimum Gasteiger partial charge on any atom is -0.435 e. The fraction of sp³-hybridized carbons (Fsp3) is 0.333. The third kappa shape index (κ3) is 7.25. The number of halogens is 3. The predicted molar refractivity (Wildman–Crippen MR) is 94.8 cm³/mol. The maximum absolute atomic E-state index is 12.3. The van der Waals surface area contributed by atoms with E-state index in [1.165, 1.54) is 11.6 Å². The number of benzene rings is 2. The number of ether oxygens (including phenoxy) is 1. The Morgan fingerprint density at radius 2 is 1.67 bits per heavy atom. The van der Waals surface area contributed by atoms with E-state index in [9.17, 15) is 8.78 Å². The molecule has 0 fully saturated rings. The molecule has 0 aromatic heterocycles. The van der Waals surface area contributed by atoms with Gasteiger partial charge in [0.15, 0.2) is 0 Å². The molecule has 0 saturated heterocycles. The van der Waals surface area contributed by atoms with Gasteiger partial charge in [0.25, 0.3) is 0 Å². The number of alkyl halides is 2. The predicted octanol–water partition coefficient (Wildman–Crippen LogP) is 3.71. The molecular formula is C18H23ClF2N2O. The molecule has 2 aromatic rings. The first-order valence-corrected chi connectivity index (χ1v) is 7.67. The average Bonchev–Trinajstić information content (AvgIpc) is 2.53. The number of nitrogens with two attached hydrogens (primary N) is 1. The van der Waals surface area contributed by atoms with Gasteiger partial charge in [0, 0.05) is 26.2 Å². The molecule has 2 aromatic carbocycles. The molecule has 0 aliphatic heterocycles. The zero-order valence-electron chi connectivity index (χ0n) is 13.4. The quantitative estimate of drug-likeness (QED) is 0.744. The molecule has 0 unspecified atom stereocenters. The molecule has 0 aliphatic carbocycles. The molecule has 3 nitrogen and oxygen atoms in total. The molecule has 2 N–H and O–H groups in total. The monoisotopic (exact) mass is 356 g/mol. The van der Waals surface area contributed by atoms with Gasteiger partial charge in [-0.1, -0.05) is 42.5 Å². The summed E-state index contributed by atoms with van der Waals surface area (Å²) in [6, 6.07) is 17.0. The van der Waals surface area contributed by atoms with E-state index in [0.29, 0.717) is 13.1 Å². The van der Waals surface area contributed by atoms with Crippen LogP contribution in [0.15, 0.2) is 54.6 Å². The summed E-state index contributed by atoms with van der Waals surface area (Å²) in [5.41, 5.74) is 7.89. The van der Waals surface area contributed by atoms with Crippen molar-refractivity contribution in [3.8, 4) is 5.75 Å². The second kappa shape index (κ2) is 11.0. The summed E-state index contributed by atoms with van der Waals surface area (Å²) in [5, 5.41) is 0. The molecule has 0 amide bonds. The maximum atomic E-state index is 12.3. The van der Waals surface area contributed by atoms with E-state index in [4.69, 9.17) is 5.73 Å². The van der Waals surface area contributed by atoms with Crippen molar-refractivity contribution >= 4 is 12.4 Å². The summed E-state index contributed by atoms with van der Waals surface area (Å²) in [6.45, 7) is 0.0314. The van der Waals surface area contributed by atoms with E-state index in [0.717, 1.165) is 25.1 Å². The van der Waals surface area contributed by atoms with Crippen molar-refractivity contribution in [3.63, 3.8) is 0 Å². The summed E-state index contributed by atoms with van der Waals surface area (Å²) in [4.78, 5) is 2.22. The molecule has 24 heavy (non-hydrogen) atoms. The van der Waals surface area contributed by atoms with Gasteiger partial charge in [0.1, 0.15) is 5.75 Å². The molecule has 0 aliphatic rings. The first-order chi connectivity index (χ1) is 11.2. The Hall–Kier alpha value is -1.69. The van der Waals surface area contributed by atoms with Crippen LogP contribution in [-0.4, -0.2) is 31.1 Å². The first-order valence-electron chi connectivity index (χ1n) is 7.67. The van der Waals surface area contributed by atoms with Crippen LogP contribution in [-0.2, 0) is 13.0 Å². The molecule has 2 rings (SSSR count). The summed E-state index contributed by atoms with van der Waals surface area (Å²) >= 11 is 0. The lowest BCUT2D eigenvalue weighted by Gasteiger charge is -2.22. The van der Waals surface area contributed by atoms with Crippen LogP contribution >= 0.6 is 12.4 Å². The van der Waals surface area contributed by atoms with Crippen molar-refractivity contribution in [2.24, 2.45) is 5.73 Å². The third-order valence-electron chi connectivity index (χ3n) is 3.53. The van der Waals surface area contributed by atoms with Crippen LogP contribution < -0.4 is 10.5 Å². The van der Waals surface area contributed by atoms with Crippen LogP contribution in [0.2, 0.25) is 0 Å². The Balaban J connectivity index is 0.00000288. The Labute approximate surface area is 147 Å².